The average molecular weight is 382 g/mol. The van der Waals surface area contributed by atoms with Crippen LogP contribution < -0.4 is 0 Å². The van der Waals surface area contributed by atoms with Crippen LogP contribution in [-0.4, -0.2) is 44.8 Å². The second-order valence-electron chi connectivity index (χ2n) is 6.52. The Morgan fingerprint density at radius 3 is 2.96 bits per heavy atom. The molecule has 4 heterocycles. The van der Waals surface area contributed by atoms with E-state index in [2.05, 4.69) is 15.1 Å². The van der Waals surface area contributed by atoms with Gasteiger partial charge in [-0.3, -0.25) is 14.6 Å². The highest BCUT2D eigenvalue weighted by Crippen LogP contribution is 2.28. The van der Waals surface area contributed by atoms with Crippen molar-refractivity contribution in [2.24, 2.45) is 0 Å². The van der Waals surface area contributed by atoms with Crippen molar-refractivity contribution in [3.8, 4) is 11.6 Å². The van der Waals surface area contributed by atoms with Crippen molar-refractivity contribution < 1.29 is 14.1 Å². The second-order valence-corrected chi connectivity index (χ2v) is 7.43. The van der Waals surface area contributed by atoms with E-state index >= 15 is 0 Å². The van der Waals surface area contributed by atoms with Gasteiger partial charge in [0.25, 0.3) is 11.8 Å². The van der Waals surface area contributed by atoms with Crippen LogP contribution in [0.15, 0.2) is 40.4 Å². The Bertz CT molecular complexity index is 966. The summed E-state index contributed by atoms with van der Waals surface area (Å²) in [5, 5.41) is 5.85. The summed E-state index contributed by atoms with van der Waals surface area (Å²) < 4.78 is 5.35. The fourth-order valence-corrected chi connectivity index (χ4v) is 3.97. The van der Waals surface area contributed by atoms with E-state index in [1.807, 2.05) is 18.2 Å². The lowest BCUT2D eigenvalue weighted by molar-refractivity contribution is 0.0704. The first-order valence-electron chi connectivity index (χ1n) is 8.75. The van der Waals surface area contributed by atoms with Crippen LogP contribution in [0.2, 0.25) is 0 Å². The van der Waals surface area contributed by atoms with Crippen molar-refractivity contribution in [1.29, 1.82) is 0 Å². The number of thiophene rings is 1. The summed E-state index contributed by atoms with van der Waals surface area (Å²) in [4.78, 5) is 35.4. The van der Waals surface area contributed by atoms with Gasteiger partial charge in [0, 0.05) is 30.6 Å². The van der Waals surface area contributed by atoms with Crippen LogP contribution >= 0.6 is 11.3 Å². The first kappa shape index (κ1) is 17.5. The summed E-state index contributed by atoms with van der Waals surface area (Å²) in [7, 11) is 0. The van der Waals surface area contributed by atoms with Crippen LogP contribution in [0.5, 0.6) is 0 Å². The number of amides is 1. The number of carbonyl (C=O) groups excluding carboxylic acids is 2. The van der Waals surface area contributed by atoms with Gasteiger partial charge in [-0.05, 0) is 38.0 Å². The van der Waals surface area contributed by atoms with E-state index in [0.29, 0.717) is 40.9 Å². The quantitative estimate of drug-likeness (QED) is 0.643. The Labute approximate surface area is 160 Å². The lowest BCUT2D eigenvalue weighted by Crippen LogP contribution is -2.39. The molecular formula is C19H18N4O3S. The van der Waals surface area contributed by atoms with E-state index in [1.165, 1.54) is 18.3 Å². The molecule has 27 heavy (non-hydrogen) atoms. The minimum atomic E-state index is -0.0584. The molecule has 1 aliphatic rings. The maximum Gasteiger partial charge on any atom is 0.276 e. The zero-order valence-electron chi connectivity index (χ0n) is 14.8. The van der Waals surface area contributed by atoms with Crippen LogP contribution in [0, 0.1) is 0 Å². The van der Waals surface area contributed by atoms with Crippen molar-refractivity contribution in [1.82, 2.24) is 20.0 Å². The van der Waals surface area contributed by atoms with Crippen molar-refractivity contribution in [3.63, 3.8) is 0 Å². The number of piperidine rings is 1. The number of Topliss-reactive ketones (excluding diaryl/α,β-unsaturated/α-hetero) is 1. The van der Waals surface area contributed by atoms with Crippen molar-refractivity contribution in [2.45, 2.75) is 25.7 Å². The number of hydrogen-bond acceptors (Lipinski definition) is 7. The highest BCUT2D eigenvalue weighted by Gasteiger charge is 2.29. The third-order valence-corrected chi connectivity index (χ3v) is 5.62. The molecule has 0 radical (unpaired) electrons. The lowest BCUT2D eigenvalue weighted by atomic mass is 9.97. The molecule has 7 nitrogen and oxygen atoms in total. The van der Waals surface area contributed by atoms with Crippen LogP contribution in [-0.2, 0) is 0 Å². The van der Waals surface area contributed by atoms with Gasteiger partial charge in [-0.2, -0.15) is 4.98 Å². The molecule has 8 heteroatoms. The molecular weight excluding hydrogens is 364 g/mol. The molecule has 1 atom stereocenters. The average Bonchev–Trinajstić information content (AvgIpc) is 3.38. The molecule has 0 bridgehead atoms. The maximum absolute atomic E-state index is 12.8. The third kappa shape index (κ3) is 3.66. The van der Waals surface area contributed by atoms with Crippen LogP contribution in [0.25, 0.3) is 11.6 Å². The molecule has 3 aromatic rings. The molecule has 0 N–H and O–H groups in total. The van der Waals surface area contributed by atoms with Gasteiger partial charge in [0.15, 0.2) is 11.6 Å². The maximum atomic E-state index is 12.8. The molecule has 1 amide bonds. The molecule has 1 saturated heterocycles. The minimum Gasteiger partial charge on any atom is -0.338 e. The van der Waals surface area contributed by atoms with Gasteiger partial charge >= 0.3 is 0 Å². The molecule has 138 valence electrons. The number of nitrogens with zero attached hydrogens (tertiary/aromatic N) is 4. The van der Waals surface area contributed by atoms with E-state index in [0.717, 1.165) is 12.8 Å². The number of rotatable bonds is 4. The highest BCUT2D eigenvalue weighted by molar-refractivity contribution is 7.12. The van der Waals surface area contributed by atoms with E-state index in [4.69, 9.17) is 4.52 Å². The smallest absolute Gasteiger partial charge is 0.276 e. The van der Waals surface area contributed by atoms with Gasteiger partial charge in [0.2, 0.25) is 0 Å². The van der Waals surface area contributed by atoms with Crippen LogP contribution in [0.4, 0.5) is 0 Å². The molecule has 3 aromatic heterocycles. The Hall–Kier alpha value is -2.87. The van der Waals surface area contributed by atoms with Crippen molar-refractivity contribution >= 4 is 23.0 Å². The second kappa shape index (κ2) is 7.40. The van der Waals surface area contributed by atoms with Gasteiger partial charge in [-0.25, -0.2) is 0 Å². The molecule has 0 saturated carbocycles. The minimum absolute atomic E-state index is 0.0230. The van der Waals surface area contributed by atoms with Crippen LogP contribution in [0.3, 0.4) is 0 Å². The number of likely N-dealkylation sites (tertiary alicyclic amines) is 1. The fourth-order valence-electron chi connectivity index (χ4n) is 3.18. The van der Waals surface area contributed by atoms with Crippen molar-refractivity contribution in [3.05, 3.63) is 52.1 Å². The number of pyridine rings is 1. The summed E-state index contributed by atoms with van der Waals surface area (Å²) in [6.45, 7) is 2.73. The number of aromatic nitrogens is 3. The predicted molar refractivity (Wildman–Crippen MR) is 99.7 cm³/mol. The normalized spacial score (nSPS) is 17.1. The summed E-state index contributed by atoms with van der Waals surface area (Å²) in [6, 6.07) is 7.18. The molecule has 0 aliphatic carbocycles. The van der Waals surface area contributed by atoms with Gasteiger partial charge in [-0.15, -0.1) is 11.3 Å². The first-order valence-corrected chi connectivity index (χ1v) is 9.63. The summed E-state index contributed by atoms with van der Waals surface area (Å²) in [5.74, 6) is 0.928. The standard InChI is InChI=1S/C19H18N4O3S/c1-12(24)16-9-14(11-27-16)19(25)23-8-4-5-13(10-23)17-21-18(26-22-17)15-6-2-3-7-20-15/h2-3,6-7,9,11,13H,4-5,8,10H2,1H3/t13-/m1/s1. The van der Waals surface area contributed by atoms with E-state index < -0.39 is 0 Å². The van der Waals surface area contributed by atoms with Gasteiger partial charge in [0.05, 0.1) is 10.4 Å². The molecule has 0 aromatic carbocycles. The molecule has 0 unspecified atom stereocenters. The monoisotopic (exact) mass is 382 g/mol. The number of ketones is 1. The number of carbonyl (C=O) groups is 2. The topological polar surface area (TPSA) is 89.2 Å². The SMILES string of the molecule is CC(=O)c1cc(C(=O)N2CCC[C@@H](c3noc(-c4ccccn4)n3)C2)cs1. The van der Waals surface area contributed by atoms with Crippen molar-refractivity contribution in [2.75, 3.05) is 13.1 Å². The first-order chi connectivity index (χ1) is 13.1. The summed E-state index contributed by atoms with van der Waals surface area (Å²) >= 11 is 1.30. The summed E-state index contributed by atoms with van der Waals surface area (Å²) in [6.07, 6.45) is 3.44. The zero-order valence-corrected chi connectivity index (χ0v) is 15.6. The summed E-state index contributed by atoms with van der Waals surface area (Å²) in [5.41, 5.74) is 1.20. The Kier molecular flexibility index (Phi) is 4.81. The molecule has 1 aliphatic heterocycles. The fraction of sp³-hybridized carbons (Fsp3) is 0.316. The number of hydrogen-bond donors (Lipinski definition) is 0. The lowest BCUT2D eigenvalue weighted by Gasteiger charge is -2.31. The Morgan fingerprint density at radius 1 is 1.33 bits per heavy atom. The zero-order chi connectivity index (χ0) is 18.8. The van der Waals surface area contributed by atoms with Gasteiger partial charge in [0.1, 0.15) is 5.69 Å². The van der Waals surface area contributed by atoms with Crippen LogP contribution in [0.1, 0.15) is 51.5 Å². The van der Waals surface area contributed by atoms with Gasteiger partial charge in [-0.1, -0.05) is 11.2 Å². The Morgan fingerprint density at radius 2 is 2.22 bits per heavy atom. The van der Waals surface area contributed by atoms with E-state index in [1.54, 1.807) is 22.5 Å². The Balaban J connectivity index is 1.49. The van der Waals surface area contributed by atoms with E-state index in [9.17, 15) is 9.59 Å². The molecule has 4 rings (SSSR count). The largest absolute Gasteiger partial charge is 0.338 e. The third-order valence-electron chi connectivity index (χ3n) is 4.59. The highest BCUT2D eigenvalue weighted by atomic mass is 32.1. The molecule has 0 spiro atoms. The van der Waals surface area contributed by atoms with E-state index in [-0.39, 0.29) is 17.6 Å². The van der Waals surface area contributed by atoms with Gasteiger partial charge < -0.3 is 9.42 Å². The molecule has 1 fully saturated rings. The predicted octanol–water partition coefficient (Wildman–Crippen LogP) is 3.42.